The molecule has 2 aromatic heterocycles. The van der Waals surface area contributed by atoms with Gasteiger partial charge in [0.2, 0.25) is 0 Å². The molecule has 0 radical (unpaired) electrons. The second-order valence-electron chi connectivity index (χ2n) is 7.87. The molecule has 1 saturated heterocycles. The Morgan fingerprint density at radius 2 is 1.96 bits per heavy atom. The van der Waals surface area contributed by atoms with E-state index in [9.17, 15) is 4.79 Å². The topological polar surface area (TPSA) is 80.2 Å². The maximum absolute atomic E-state index is 12.2. The van der Waals surface area contributed by atoms with Crippen LogP contribution in [0.1, 0.15) is 55.9 Å². The van der Waals surface area contributed by atoms with Crippen molar-refractivity contribution < 1.29 is 9.53 Å². The molecule has 1 aliphatic rings. The number of carbonyl (C=O) groups excluding carboxylic acids is 1. The number of hydrogen-bond acceptors (Lipinski definition) is 7. The van der Waals surface area contributed by atoms with Gasteiger partial charge >= 0.3 is 6.09 Å². The highest BCUT2D eigenvalue weighted by Gasteiger charge is 2.28. The molecular weight excluding hydrogens is 362 g/mol. The number of ether oxygens (including phenoxy) is 1. The molecule has 8 heteroatoms. The predicted molar refractivity (Wildman–Crippen MR) is 107 cm³/mol. The minimum absolute atomic E-state index is 0.235. The molecule has 0 aliphatic carbocycles. The smallest absolute Gasteiger partial charge is 0.410 e. The molecule has 0 aromatic carbocycles. The third kappa shape index (κ3) is 5.38. The fraction of sp³-hybridized carbons (Fsp3) is 0.579. The van der Waals surface area contributed by atoms with Crippen LogP contribution in [0.4, 0.5) is 15.7 Å². The van der Waals surface area contributed by atoms with Gasteiger partial charge in [-0.3, -0.25) is 0 Å². The molecule has 1 amide bonds. The lowest BCUT2D eigenvalue weighted by Crippen LogP contribution is -2.41. The maximum Gasteiger partial charge on any atom is 0.410 e. The van der Waals surface area contributed by atoms with E-state index in [2.05, 4.69) is 20.3 Å². The number of aryl methyl sites for hydroxylation is 2. The van der Waals surface area contributed by atoms with Crippen LogP contribution < -0.4 is 5.32 Å². The summed E-state index contributed by atoms with van der Waals surface area (Å²) < 4.78 is 5.47. The lowest BCUT2D eigenvalue weighted by Gasteiger charge is -2.33. The van der Waals surface area contributed by atoms with Crippen LogP contribution in [0.5, 0.6) is 0 Å². The number of hydrogen-bond donors (Lipinski definition) is 1. The largest absolute Gasteiger partial charge is 0.444 e. The summed E-state index contributed by atoms with van der Waals surface area (Å²) in [6.45, 7) is 10.9. The summed E-state index contributed by atoms with van der Waals surface area (Å²) in [7, 11) is 0. The highest BCUT2D eigenvalue weighted by molar-refractivity contribution is 7.15. The molecule has 3 heterocycles. The Bertz CT molecular complexity index is 807. The van der Waals surface area contributed by atoms with E-state index < -0.39 is 5.60 Å². The predicted octanol–water partition coefficient (Wildman–Crippen LogP) is 4.41. The number of carbonyl (C=O) groups is 1. The zero-order valence-electron chi connectivity index (χ0n) is 16.6. The standard InChI is InChI=1S/C19H27N5O2S/c1-12-11-20-17(27-12)23-16-10-15(21-13(2)22-16)14-6-8-24(9-7-14)18(25)26-19(3,4)5/h10-11,14H,6-9H2,1-5H3,(H,20,21,22,23). The van der Waals surface area contributed by atoms with Gasteiger partial charge in [-0.1, -0.05) is 0 Å². The minimum Gasteiger partial charge on any atom is -0.444 e. The van der Waals surface area contributed by atoms with E-state index in [1.54, 1.807) is 16.2 Å². The van der Waals surface area contributed by atoms with Gasteiger partial charge in [0.05, 0.1) is 0 Å². The summed E-state index contributed by atoms with van der Waals surface area (Å²) in [5.41, 5.74) is 0.550. The number of anilines is 2. The van der Waals surface area contributed by atoms with E-state index in [4.69, 9.17) is 4.74 Å². The van der Waals surface area contributed by atoms with Crippen molar-refractivity contribution >= 4 is 28.4 Å². The summed E-state index contributed by atoms with van der Waals surface area (Å²) in [5, 5.41) is 4.10. The molecule has 2 aromatic rings. The van der Waals surface area contributed by atoms with Crippen LogP contribution in [0, 0.1) is 13.8 Å². The van der Waals surface area contributed by atoms with E-state index in [1.807, 2.05) is 46.9 Å². The van der Waals surface area contributed by atoms with Crippen molar-refractivity contribution in [2.75, 3.05) is 18.4 Å². The highest BCUT2D eigenvalue weighted by Crippen LogP contribution is 2.30. The zero-order chi connectivity index (χ0) is 19.6. The van der Waals surface area contributed by atoms with Crippen molar-refractivity contribution in [3.63, 3.8) is 0 Å². The van der Waals surface area contributed by atoms with Crippen molar-refractivity contribution in [2.45, 2.75) is 59.0 Å². The Morgan fingerprint density at radius 3 is 2.56 bits per heavy atom. The fourth-order valence-electron chi connectivity index (χ4n) is 3.07. The maximum atomic E-state index is 12.2. The molecule has 1 N–H and O–H groups in total. The number of piperidine rings is 1. The van der Waals surface area contributed by atoms with Gasteiger partial charge in [-0.2, -0.15) is 0 Å². The van der Waals surface area contributed by atoms with Crippen molar-refractivity contribution in [1.82, 2.24) is 19.9 Å². The Labute approximate surface area is 164 Å². The van der Waals surface area contributed by atoms with Gasteiger partial charge in [-0.05, 0) is 47.5 Å². The molecular formula is C19H27N5O2S. The van der Waals surface area contributed by atoms with E-state index in [0.717, 1.165) is 40.2 Å². The van der Waals surface area contributed by atoms with Gasteiger partial charge in [0, 0.05) is 41.8 Å². The average Bonchev–Trinajstić information content (AvgIpc) is 2.98. The molecule has 7 nitrogen and oxygen atoms in total. The number of nitrogens with one attached hydrogen (secondary N) is 1. The van der Waals surface area contributed by atoms with E-state index in [-0.39, 0.29) is 6.09 Å². The van der Waals surface area contributed by atoms with Gasteiger partial charge in [-0.25, -0.2) is 19.7 Å². The Morgan fingerprint density at radius 1 is 1.26 bits per heavy atom. The number of thiazole rings is 1. The first kappa shape index (κ1) is 19.5. The lowest BCUT2D eigenvalue weighted by atomic mass is 9.93. The average molecular weight is 390 g/mol. The first-order valence-electron chi connectivity index (χ1n) is 9.22. The first-order chi connectivity index (χ1) is 12.7. The van der Waals surface area contributed by atoms with Gasteiger partial charge in [0.1, 0.15) is 17.2 Å². The first-order valence-corrected chi connectivity index (χ1v) is 10.0. The number of rotatable bonds is 3. The van der Waals surface area contributed by atoms with E-state index in [1.165, 1.54) is 0 Å². The van der Waals surface area contributed by atoms with Crippen LogP contribution in [0.2, 0.25) is 0 Å². The Balaban J connectivity index is 1.65. The number of aromatic nitrogens is 3. The monoisotopic (exact) mass is 389 g/mol. The van der Waals surface area contributed by atoms with Crippen LogP contribution in [0.15, 0.2) is 12.3 Å². The minimum atomic E-state index is -0.466. The van der Waals surface area contributed by atoms with Crippen molar-refractivity contribution in [2.24, 2.45) is 0 Å². The van der Waals surface area contributed by atoms with Gasteiger partial charge < -0.3 is 15.0 Å². The Hall–Kier alpha value is -2.22. The van der Waals surface area contributed by atoms with Crippen molar-refractivity contribution in [1.29, 1.82) is 0 Å². The lowest BCUT2D eigenvalue weighted by molar-refractivity contribution is 0.0204. The third-order valence-electron chi connectivity index (χ3n) is 4.28. The van der Waals surface area contributed by atoms with Crippen LogP contribution in [-0.4, -0.2) is 44.6 Å². The molecule has 3 rings (SSSR count). The van der Waals surface area contributed by atoms with Gasteiger partial charge in [0.15, 0.2) is 5.13 Å². The molecule has 1 aliphatic heterocycles. The van der Waals surface area contributed by atoms with Gasteiger partial charge in [0.25, 0.3) is 0 Å². The van der Waals surface area contributed by atoms with Crippen LogP contribution in [0.25, 0.3) is 0 Å². The molecule has 0 atom stereocenters. The second-order valence-corrected chi connectivity index (χ2v) is 9.10. The third-order valence-corrected chi connectivity index (χ3v) is 5.11. The molecule has 0 saturated carbocycles. The number of nitrogens with zero attached hydrogens (tertiary/aromatic N) is 4. The van der Waals surface area contributed by atoms with Gasteiger partial charge in [-0.15, -0.1) is 11.3 Å². The second kappa shape index (κ2) is 7.80. The molecule has 0 bridgehead atoms. The van der Waals surface area contributed by atoms with Crippen molar-refractivity contribution in [3.8, 4) is 0 Å². The van der Waals surface area contributed by atoms with Crippen LogP contribution in [0.3, 0.4) is 0 Å². The quantitative estimate of drug-likeness (QED) is 0.838. The van der Waals surface area contributed by atoms with E-state index in [0.29, 0.717) is 19.0 Å². The normalized spacial score (nSPS) is 15.7. The summed E-state index contributed by atoms with van der Waals surface area (Å²) in [5.74, 6) is 1.81. The molecule has 27 heavy (non-hydrogen) atoms. The summed E-state index contributed by atoms with van der Waals surface area (Å²) >= 11 is 1.60. The fourth-order valence-corrected chi connectivity index (χ4v) is 3.74. The Kier molecular flexibility index (Phi) is 5.64. The van der Waals surface area contributed by atoms with Crippen LogP contribution >= 0.6 is 11.3 Å². The summed E-state index contributed by atoms with van der Waals surface area (Å²) in [6, 6.07) is 2.00. The molecule has 0 unspecified atom stereocenters. The zero-order valence-corrected chi connectivity index (χ0v) is 17.4. The number of likely N-dealkylation sites (tertiary alicyclic amines) is 1. The summed E-state index contributed by atoms with van der Waals surface area (Å²) in [6.07, 6.45) is 3.34. The van der Waals surface area contributed by atoms with E-state index >= 15 is 0 Å². The van der Waals surface area contributed by atoms with Crippen molar-refractivity contribution in [3.05, 3.63) is 28.7 Å². The number of amides is 1. The SMILES string of the molecule is Cc1nc(Nc2ncc(C)s2)cc(C2CCN(C(=O)OC(C)(C)C)CC2)n1. The molecule has 1 fully saturated rings. The highest BCUT2D eigenvalue weighted by atomic mass is 32.1. The molecule has 146 valence electrons. The summed E-state index contributed by atoms with van der Waals surface area (Å²) in [4.78, 5) is 28.6. The van der Waals surface area contributed by atoms with Crippen LogP contribution in [-0.2, 0) is 4.74 Å². The molecule has 0 spiro atoms.